The van der Waals surface area contributed by atoms with Gasteiger partial charge in [-0.25, -0.2) is 0 Å². The van der Waals surface area contributed by atoms with Crippen LogP contribution in [0.5, 0.6) is 5.75 Å². The van der Waals surface area contributed by atoms with Crippen molar-refractivity contribution in [3.05, 3.63) is 53.7 Å². The van der Waals surface area contributed by atoms with Crippen molar-refractivity contribution in [1.29, 1.82) is 0 Å². The van der Waals surface area contributed by atoms with E-state index in [4.69, 9.17) is 0 Å². The van der Waals surface area contributed by atoms with Gasteiger partial charge in [0.2, 0.25) is 0 Å². The molecule has 1 aromatic heterocycles. The summed E-state index contributed by atoms with van der Waals surface area (Å²) in [5.41, 5.74) is 2.93. The predicted octanol–water partition coefficient (Wildman–Crippen LogP) is 2.27. The number of H-pyrrole nitrogens is 1. The molecule has 1 fully saturated rings. The number of likely N-dealkylation sites (N-methyl/N-ethyl adjacent to an activating group) is 1. The number of fused-ring (bicyclic) bond motifs is 1. The van der Waals surface area contributed by atoms with Crippen molar-refractivity contribution in [2.24, 2.45) is 0 Å². The number of carbonyl (C=O) groups excluding carboxylic acids is 1. The van der Waals surface area contributed by atoms with Crippen LogP contribution in [0.25, 0.3) is 10.9 Å². The van der Waals surface area contributed by atoms with E-state index in [9.17, 15) is 9.90 Å². The van der Waals surface area contributed by atoms with Crippen LogP contribution in [0.3, 0.4) is 0 Å². The smallest absolute Gasteiger partial charge is 0.276 e. The molecule has 3 aromatic rings. The summed E-state index contributed by atoms with van der Waals surface area (Å²) in [5, 5.41) is 20.0. The van der Waals surface area contributed by atoms with Gasteiger partial charge in [0, 0.05) is 43.8 Å². The number of benzene rings is 2. The number of carbonyl (C=O) groups is 1. The normalized spacial score (nSPS) is 15.9. The third-order valence-corrected chi connectivity index (χ3v) is 4.98. The first-order valence-electron chi connectivity index (χ1n) is 9.07. The Balaban J connectivity index is 1.42. The summed E-state index contributed by atoms with van der Waals surface area (Å²) < 4.78 is 0. The van der Waals surface area contributed by atoms with Crippen molar-refractivity contribution in [2.75, 3.05) is 38.5 Å². The number of amides is 1. The van der Waals surface area contributed by atoms with Crippen molar-refractivity contribution in [1.82, 2.24) is 20.0 Å². The molecule has 2 heterocycles. The third kappa shape index (κ3) is 3.94. The van der Waals surface area contributed by atoms with Crippen LogP contribution in [0.4, 0.5) is 5.69 Å². The fraction of sp³-hybridized carbons (Fsp3) is 0.300. The minimum Gasteiger partial charge on any atom is -0.508 e. The van der Waals surface area contributed by atoms with Crippen LogP contribution in [-0.4, -0.2) is 64.2 Å². The molecule has 4 rings (SSSR count). The number of nitrogens with zero attached hydrogens (tertiary/aromatic N) is 3. The summed E-state index contributed by atoms with van der Waals surface area (Å²) >= 11 is 0. The average molecular weight is 365 g/mol. The first-order chi connectivity index (χ1) is 13.1. The van der Waals surface area contributed by atoms with E-state index in [-0.39, 0.29) is 17.4 Å². The lowest BCUT2D eigenvalue weighted by Gasteiger charge is -2.32. The van der Waals surface area contributed by atoms with Crippen molar-refractivity contribution in [2.45, 2.75) is 6.54 Å². The number of rotatable bonds is 4. The maximum atomic E-state index is 12.5. The highest BCUT2D eigenvalue weighted by Crippen LogP contribution is 2.22. The summed E-state index contributed by atoms with van der Waals surface area (Å²) in [6.45, 7) is 5.27. The SMILES string of the molecule is CN1CCN(Cc2ccc(NC(=O)c3n[nH]c4ccc(O)cc34)cc2)CC1. The number of anilines is 1. The molecule has 1 saturated heterocycles. The number of nitrogens with one attached hydrogen (secondary N) is 2. The molecule has 7 heteroatoms. The maximum Gasteiger partial charge on any atom is 0.276 e. The molecule has 1 amide bonds. The van der Waals surface area contributed by atoms with E-state index in [0.29, 0.717) is 10.9 Å². The topological polar surface area (TPSA) is 84.5 Å². The van der Waals surface area contributed by atoms with Gasteiger partial charge in [-0.2, -0.15) is 5.10 Å². The highest BCUT2D eigenvalue weighted by molar-refractivity contribution is 6.11. The Morgan fingerprint density at radius 1 is 1.15 bits per heavy atom. The molecule has 0 saturated carbocycles. The van der Waals surface area contributed by atoms with Gasteiger partial charge in [-0.05, 0) is 42.9 Å². The number of aromatic amines is 1. The summed E-state index contributed by atoms with van der Waals surface area (Å²) in [6.07, 6.45) is 0. The third-order valence-electron chi connectivity index (χ3n) is 4.98. The molecule has 140 valence electrons. The van der Waals surface area contributed by atoms with Crippen LogP contribution in [-0.2, 0) is 6.54 Å². The number of hydrogen-bond donors (Lipinski definition) is 3. The first kappa shape index (κ1) is 17.5. The van der Waals surface area contributed by atoms with Gasteiger partial charge in [0.05, 0.1) is 5.52 Å². The molecule has 7 nitrogen and oxygen atoms in total. The van der Waals surface area contributed by atoms with E-state index >= 15 is 0 Å². The number of phenols is 1. The van der Waals surface area contributed by atoms with Crippen LogP contribution in [0, 0.1) is 0 Å². The largest absolute Gasteiger partial charge is 0.508 e. The second-order valence-electron chi connectivity index (χ2n) is 7.03. The van der Waals surface area contributed by atoms with Crippen LogP contribution in [0.1, 0.15) is 16.1 Å². The highest BCUT2D eigenvalue weighted by Gasteiger charge is 2.16. The van der Waals surface area contributed by atoms with Crippen LogP contribution in [0.2, 0.25) is 0 Å². The van der Waals surface area contributed by atoms with Crippen LogP contribution < -0.4 is 5.32 Å². The molecule has 0 bridgehead atoms. The van der Waals surface area contributed by atoms with E-state index < -0.39 is 0 Å². The second-order valence-corrected chi connectivity index (χ2v) is 7.03. The van der Waals surface area contributed by atoms with E-state index in [2.05, 4.69) is 32.4 Å². The first-order valence-corrected chi connectivity index (χ1v) is 9.07. The molecule has 27 heavy (non-hydrogen) atoms. The van der Waals surface area contributed by atoms with Crippen molar-refractivity contribution in [3.63, 3.8) is 0 Å². The lowest BCUT2D eigenvalue weighted by molar-refractivity contribution is 0.102. The van der Waals surface area contributed by atoms with Gasteiger partial charge in [0.25, 0.3) is 5.91 Å². The fourth-order valence-electron chi connectivity index (χ4n) is 3.32. The average Bonchev–Trinajstić information content (AvgIpc) is 3.08. The van der Waals surface area contributed by atoms with Gasteiger partial charge >= 0.3 is 0 Å². The number of phenolic OH excluding ortho intramolecular Hbond substituents is 1. The minimum atomic E-state index is -0.307. The molecule has 0 atom stereocenters. The zero-order valence-corrected chi connectivity index (χ0v) is 15.3. The summed E-state index contributed by atoms with van der Waals surface area (Å²) in [4.78, 5) is 17.3. The van der Waals surface area contributed by atoms with Crippen LogP contribution >= 0.6 is 0 Å². The molecular formula is C20H23N5O2. The summed E-state index contributed by atoms with van der Waals surface area (Å²) in [7, 11) is 2.15. The monoisotopic (exact) mass is 365 g/mol. The Kier molecular flexibility index (Phi) is 4.79. The van der Waals surface area contributed by atoms with Gasteiger partial charge in [0.15, 0.2) is 5.69 Å². The van der Waals surface area contributed by atoms with Gasteiger partial charge in [-0.3, -0.25) is 14.8 Å². The molecule has 0 aliphatic carbocycles. The molecular weight excluding hydrogens is 342 g/mol. The Bertz CT molecular complexity index is 943. The summed E-state index contributed by atoms with van der Waals surface area (Å²) in [6, 6.07) is 12.7. The van der Waals surface area contributed by atoms with E-state index in [1.165, 1.54) is 11.6 Å². The van der Waals surface area contributed by atoms with Crippen molar-refractivity contribution < 1.29 is 9.90 Å². The van der Waals surface area contributed by atoms with E-state index in [0.717, 1.165) is 38.4 Å². The minimum absolute atomic E-state index is 0.103. The molecule has 1 aliphatic rings. The number of hydrogen-bond acceptors (Lipinski definition) is 5. The zero-order valence-electron chi connectivity index (χ0n) is 15.3. The van der Waals surface area contributed by atoms with Crippen molar-refractivity contribution >= 4 is 22.5 Å². The molecule has 1 aliphatic heterocycles. The fourth-order valence-corrected chi connectivity index (χ4v) is 3.32. The molecule has 3 N–H and O–H groups in total. The number of aromatic nitrogens is 2. The molecule has 0 spiro atoms. The molecule has 0 radical (unpaired) electrons. The Hall–Kier alpha value is -2.90. The van der Waals surface area contributed by atoms with Gasteiger partial charge in [0.1, 0.15) is 5.75 Å². The van der Waals surface area contributed by atoms with Gasteiger partial charge < -0.3 is 15.3 Å². The predicted molar refractivity (Wildman–Crippen MR) is 105 cm³/mol. The quantitative estimate of drug-likeness (QED) is 0.660. The Morgan fingerprint density at radius 3 is 2.63 bits per heavy atom. The lowest BCUT2D eigenvalue weighted by atomic mass is 10.1. The van der Waals surface area contributed by atoms with Gasteiger partial charge in [-0.1, -0.05) is 12.1 Å². The van der Waals surface area contributed by atoms with Crippen LogP contribution in [0.15, 0.2) is 42.5 Å². The van der Waals surface area contributed by atoms with E-state index in [1.807, 2.05) is 24.3 Å². The molecule has 2 aromatic carbocycles. The Labute approximate surface area is 157 Å². The Morgan fingerprint density at radius 2 is 1.89 bits per heavy atom. The van der Waals surface area contributed by atoms with E-state index in [1.54, 1.807) is 12.1 Å². The molecule has 0 unspecified atom stereocenters. The summed E-state index contributed by atoms with van der Waals surface area (Å²) in [5.74, 6) is -0.204. The highest BCUT2D eigenvalue weighted by atomic mass is 16.3. The lowest BCUT2D eigenvalue weighted by Crippen LogP contribution is -2.43. The maximum absolute atomic E-state index is 12.5. The van der Waals surface area contributed by atoms with Gasteiger partial charge in [-0.15, -0.1) is 0 Å². The zero-order chi connectivity index (χ0) is 18.8. The second kappa shape index (κ2) is 7.38. The number of piperazine rings is 1. The standard InChI is InChI=1S/C20H23N5O2/c1-24-8-10-25(11-9-24)13-14-2-4-15(5-3-14)21-20(27)19-17-12-16(26)6-7-18(17)22-23-19/h2-7,12,26H,8-11,13H2,1H3,(H,21,27)(H,22,23). The number of aromatic hydroxyl groups is 1. The van der Waals surface area contributed by atoms with Crippen molar-refractivity contribution in [3.8, 4) is 5.75 Å².